The lowest BCUT2D eigenvalue weighted by atomic mass is 9.81. The second kappa shape index (κ2) is 5.97. The van der Waals surface area contributed by atoms with Gasteiger partial charge in [0.2, 0.25) is 0 Å². The van der Waals surface area contributed by atoms with Gasteiger partial charge in [0.1, 0.15) is 17.0 Å². The first-order chi connectivity index (χ1) is 14.2. The second-order valence-electron chi connectivity index (χ2n) is 7.67. The van der Waals surface area contributed by atoms with E-state index >= 15 is 0 Å². The molecule has 6 rings (SSSR count). The fourth-order valence-electron chi connectivity index (χ4n) is 4.69. The zero-order valence-corrected chi connectivity index (χ0v) is 16.6. The van der Waals surface area contributed by atoms with Crippen molar-refractivity contribution in [3.05, 3.63) is 94.4 Å². The van der Waals surface area contributed by atoms with Crippen LogP contribution < -0.4 is 10.3 Å². The van der Waals surface area contributed by atoms with E-state index in [9.17, 15) is 4.79 Å². The van der Waals surface area contributed by atoms with Crippen LogP contribution in [0.4, 0.5) is 0 Å². The summed E-state index contributed by atoms with van der Waals surface area (Å²) < 4.78 is 8.23. The number of rotatable bonds is 1. The number of hydrogen-bond donors (Lipinski definition) is 0. The molecule has 2 aromatic heterocycles. The van der Waals surface area contributed by atoms with Crippen molar-refractivity contribution in [3.63, 3.8) is 0 Å². The summed E-state index contributed by atoms with van der Waals surface area (Å²) in [5.74, 6) is 1.90. The van der Waals surface area contributed by atoms with Crippen molar-refractivity contribution < 1.29 is 4.74 Å². The van der Waals surface area contributed by atoms with Gasteiger partial charge in [-0.05, 0) is 37.3 Å². The van der Waals surface area contributed by atoms with E-state index in [1.54, 1.807) is 22.5 Å². The molecule has 142 valence electrons. The molecule has 29 heavy (non-hydrogen) atoms. The van der Waals surface area contributed by atoms with Crippen LogP contribution in [-0.4, -0.2) is 15.3 Å². The molecule has 2 aliphatic heterocycles. The molecule has 0 amide bonds. The van der Waals surface area contributed by atoms with E-state index < -0.39 is 5.60 Å². The molecule has 5 heteroatoms. The number of para-hydroxylation sites is 2. The zero-order valence-electron chi connectivity index (χ0n) is 15.8. The van der Waals surface area contributed by atoms with E-state index in [1.165, 1.54) is 5.56 Å². The van der Waals surface area contributed by atoms with Crippen LogP contribution in [0, 0.1) is 0 Å². The lowest BCUT2D eigenvalue weighted by Gasteiger charge is -2.37. The summed E-state index contributed by atoms with van der Waals surface area (Å²) in [6.45, 7) is 2.06. The molecule has 0 unspecified atom stereocenters. The maximum atomic E-state index is 14.0. The summed E-state index contributed by atoms with van der Waals surface area (Å²) >= 11 is 1.74. The van der Waals surface area contributed by atoms with Crippen molar-refractivity contribution in [2.45, 2.75) is 23.3 Å². The molecule has 0 spiro atoms. The predicted molar refractivity (Wildman–Crippen MR) is 115 cm³/mol. The summed E-state index contributed by atoms with van der Waals surface area (Å²) in [5, 5.41) is 0.996. The molecule has 4 aromatic rings. The molecule has 0 aliphatic carbocycles. The predicted octanol–water partition coefficient (Wildman–Crippen LogP) is 4.88. The summed E-state index contributed by atoms with van der Waals surface area (Å²) in [5.41, 5.74) is 2.68. The largest absolute Gasteiger partial charge is 0.482 e. The van der Waals surface area contributed by atoms with Crippen LogP contribution >= 0.6 is 11.8 Å². The molecule has 0 bridgehead atoms. The molecule has 4 nitrogen and oxygen atoms in total. The van der Waals surface area contributed by atoms with Crippen molar-refractivity contribution in [1.29, 1.82) is 0 Å². The van der Waals surface area contributed by atoms with Gasteiger partial charge < -0.3 is 4.74 Å². The average molecular weight is 398 g/mol. The Balaban J connectivity index is 1.72. The van der Waals surface area contributed by atoms with Crippen LogP contribution in [0.1, 0.15) is 24.0 Å². The number of hydrogen-bond acceptors (Lipinski definition) is 4. The molecular formula is C24H18N2O2S. The molecule has 2 atom stereocenters. The number of fused-ring (bicyclic) bond motifs is 7. The van der Waals surface area contributed by atoms with Gasteiger partial charge in [-0.2, -0.15) is 0 Å². The van der Waals surface area contributed by atoms with Gasteiger partial charge >= 0.3 is 0 Å². The van der Waals surface area contributed by atoms with Gasteiger partial charge in [-0.1, -0.05) is 36.4 Å². The fourth-order valence-corrected chi connectivity index (χ4v) is 6.27. The third-order valence-electron chi connectivity index (χ3n) is 6.07. The second-order valence-corrected chi connectivity index (χ2v) is 8.70. The maximum absolute atomic E-state index is 14.0. The van der Waals surface area contributed by atoms with Crippen LogP contribution in [0.15, 0.2) is 82.6 Å². The molecule has 4 heterocycles. The SMILES string of the molecule is C[C@]12Oc3ccccc3[C@H]1CSc1c2c(=O)n(-c2ccccc2)c2ncccc12. The summed E-state index contributed by atoms with van der Waals surface area (Å²) in [4.78, 5) is 19.5. The van der Waals surface area contributed by atoms with Crippen molar-refractivity contribution in [1.82, 2.24) is 9.55 Å². The Labute approximate surface area is 172 Å². The first-order valence-electron chi connectivity index (χ1n) is 9.69. The number of aromatic nitrogens is 2. The van der Waals surface area contributed by atoms with Crippen molar-refractivity contribution >= 4 is 22.8 Å². The highest BCUT2D eigenvalue weighted by atomic mass is 32.2. The van der Waals surface area contributed by atoms with Gasteiger partial charge in [-0.25, -0.2) is 4.98 Å². The standard InChI is InChI=1S/C24H18N2O2S/c1-24-18(16-10-5-6-12-19(16)28-24)14-29-21-17-11-7-13-25-22(17)26(23(27)20(21)24)15-8-3-2-4-9-15/h2-13,18H,14H2,1H3/t18-,24+/m1/s1. The van der Waals surface area contributed by atoms with Crippen LogP contribution in [0.25, 0.3) is 16.7 Å². The first-order valence-corrected chi connectivity index (χ1v) is 10.7. The van der Waals surface area contributed by atoms with Crippen molar-refractivity contribution in [3.8, 4) is 11.4 Å². The lowest BCUT2D eigenvalue weighted by molar-refractivity contribution is 0.0872. The monoisotopic (exact) mass is 398 g/mol. The Kier molecular flexibility index (Phi) is 3.47. The number of benzene rings is 2. The molecule has 2 aromatic carbocycles. The Morgan fingerprint density at radius 3 is 2.72 bits per heavy atom. The number of nitrogens with zero attached hydrogens (tertiary/aromatic N) is 2. The van der Waals surface area contributed by atoms with Crippen molar-refractivity contribution in [2.75, 3.05) is 5.75 Å². The van der Waals surface area contributed by atoms with Gasteiger partial charge in [0.05, 0.1) is 11.3 Å². The Morgan fingerprint density at radius 1 is 1.07 bits per heavy atom. The van der Waals surface area contributed by atoms with Crippen LogP contribution in [0.2, 0.25) is 0 Å². The van der Waals surface area contributed by atoms with E-state index in [-0.39, 0.29) is 11.5 Å². The molecular weight excluding hydrogens is 380 g/mol. The molecule has 0 saturated heterocycles. The van der Waals surface area contributed by atoms with Crippen molar-refractivity contribution in [2.24, 2.45) is 0 Å². The molecule has 0 fully saturated rings. The van der Waals surface area contributed by atoms with Gasteiger partial charge in [-0.15, -0.1) is 11.8 Å². The third kappa shape index (κ3) is 2.22. The zero-order chi connectivity index (χ0) is 19.6. The molecule has 0 N–H and O–H groups in total. The van der Waals surface area contributed by atoms with Crippen LogP contribution in [0.3, 0.4) is 0 Å². The minimum absolute atomic E-state index is 0.0510. The Hall–Kier alpha value is -3.05. The summed E-state index contributed by atoms with van der Waals surface area (Å²) in [7, 11) is 0. The molecule has 0 saturated carbocycles. The Bertz CT molecular complexity index is 1330. The van der Waals surface area contributed by atoms with E-state index in [4.69, 9.17) is 4.74 Å². The van der Waals surface area contributed by atoms with E-state index in [0.29, 0.717) is 5.65 Å². The minimum atomic E-state index is -0.693. The lowest BCUT2D eigenvalue weighted by Crippen LogP contribution is -2.43. The normalized spacial score (nSPS) is 21.9. The quantitative estimate of drug-likeness (QED) is 0.458. The third-order valence-corrected chi connectivity index (χ3v) is 7.29. The smallest absolute Gasteiger partial charge is 0.265 e. The van der Waals surface area contributed by atoms with Gasteiger partial charge in [0, 0.05) is 33.7 Å². The molecule has 0 radical (unpaired) electrons. The van der Waals surface area contributed by atoms with Crippen LogP contribution in [-0.2, 0) is 5.60 Å². The highest BCUT2D eigenvalue weighted by Crippen LogP contribution is 2.56. The molecule has 2 aliphatic rings. The average Bonchev–Trinajstić information content (AvgIpc) is 3.06. The minimum Gasteiger partial charge on any atom is -0.482 e. The summed E-state index contributed by atoms with van der Waals surface area (Å²) in [6, 6.07) is 21.9. The van der Waals surface area contributed by atoms with Gasteiger partial charge in [0.25, 0.3) is 5.56 Å². The highest BCUT2D eigenvalue weighted by Gasteiger charge is 2.52. The van der Waals surface area contributed by atoms with E-state index in [1.807, 2.05) is 54.6 Å². The van der Waals surface area contributed by atoms with Crippen LogP contribution in [0.5, 0.6) is 5.75 Å². The topological polar surface area (TPSA) is 44.1 Å². The van der Waals surface area contributed by atoms with E-state index in [2.05, 4.69) is 24.0 Å². The number of ether oxygens (including phenoxy) is 1. The highest BCUT2D eigenvalue weighted by molar-refractivity contribution is 7.99. The van der Waals surface area contributed by atoms with E-state index in [0.717, 1.165) is 33.0 Å². The summed E-state index contributed by atoms with van der Waals surface area (Å²) in [6.07, 6.45) is 1.74. The van der Waals surface area contributed by atoms with Gasteiger partial charge in [-0.3, -0.25) is 9.36 Å². The maximum Gasteiger partial charge on any atom is 0.265 e. The number of thioether (sulfide) groups is 1. The first kappa shape index (κ1) is 16.9. The van der Waals surface area contributed by atoms with Gasteiger partial charge in [0.15, 0.2) is 0 Å². The fraction of sp³-hybridized carbons (Fsp3) is 0.167. The Morgan fingerprint density at radius 2 is 1.86 bits per heavy atom. The number of pyridine rings is 2.